The molecule has 0 spiro atoms. The van der Waals surface area contributed by atoms with Crippen molar-refractivity contribution in [2.24, 2.45) is 0 Å². The van der Waals surface area contributed by atoms with Crippen molar-refractivity contribution < 1.29 is 14.0 Å². The Hall–Kier alpha value is -2.83. The van der Waals surface area contributed by atoms with Gasteiger partial charge in [-0.3, -0.25) is 0 Å². The Kier molecular flexibility index (Phi) is 2.86. The molecule has 20 heavy (non-hydrogen) atoms. The van der Waals surface area contributed by atoms with Gasteiger partial charge in [0.1, 0.15) is 17.1 Å². The third kappa shape index (κ3) is 2.09. The normalized spacial score (nSPS) is 10.7. The van der Waals surface area contributed by atoms with Crippen molar-refractivity contribution in [3.05, 3.63) is 42.0 Å². The van der Waals surface area contributed by atoms with Crippen LogP contribution in [0.3, 0.4) is 0 Å². The zero-order valence-electron chi connectivity index (χ0n) is 10.4. The molecule has 3 rings (SSSR count). The van der Waals surface area contributed by atoms with Gasteiger partial charge in [-0.15, -0.1) is 0 Å². The van der Waals surface area contributed by atoms with Gasteiger partial charge in [0, 0.05) is 12.4 Å². The Balaban J connectivity index is 2.04. The SMILES string of the molecule is Cc1cnc(-c2noc(-c3c(O)cccc3F)n2)nc1. The Morgan fingerprint density at radius 2 is 1.90 bits per heavy atom. The van der Waals surface area contributed by atoms with E-state index in [1.165, 1.54) is 18.2 Å². The molecule has 0 unspecified atom stereocenters. The minimum Gasteiger partial charge on any atom is -0.507 e. The first-order valence-corrected chi connectivity index (χ1v) is 5.76. The van der Waals surface area contributed by atoms with Crippen LogP contribution < -0.4 is 0 Å². The zero-order valence-corrected chi connectivity index (χ0v) is 10.4. The van der Waals surface area contributed by atoms with Crippen molar-refractivity contribution in [1.29, 1.82) is 0 Å². The molecule has 0 atom stereocenters. The molecule has 0 bridgehead atoms. The van der Waals surface area contributed by atoms with Gasteiger partial charge in [0.15, 0.2) is 0 Å². The van der Waals surface area contributed by atoms with Crippen molar-refractivity contribution in [2.75, 3.05) is 0 Å². The molecule has 2 heterocycles. The van der Waals surface area contributed by atoms with Gasteiger partial charge < -0.3 is 9.63 Å². The Labute approximate surface area is 112 Å². The van der Waals surface area contributed by atoms with Crippen molar-refractivity contribution in [3.8, 4) is 28.9 Å². The van der Waals surface area contributed by atoms with Gasteiger partial charge in [0.25, 0.3) is 5.89 Å². The first-order valence-electron chi connectivity index (χ1n) is 5.76. The molecule has 6 nitrogen and oxygen atoms in total. The van der Waals surface area contributed by atoms with Crippen LogP contribution >= 0.6 is 0 Å². The predicted molar refractivity (Wildman–Crippen MR) is 67.1 cm³/mol. The highest BCUT2D eigenvalue weighted by molar-refractivity contribution is 5.64. The highest BCUT2D eigenvalue weighted by Gasteiger charge is 2.19. The lowest BCUT2D eigenvalue weighted by Crippen LogP contribution is -1.91. The fraction of sp³-hybridized carbons (Fsp3) is 0.0769. The molecule has 3 aromatic rings. The molecule has 1 N–H and O–H groups in total. The van der Waals surface area contributed by atoms with Crippen molar-refractivity contribution >= 4 is 0 Å². The van der Waals surface area contributed by atoms with E-state index in [0.29, 0.717) is 0 Å². The van der Waals surface area contributed by atoms with Crippen LogP contribution in [0, 0.1) is 12.7 Å². The van der Waals surface area contributed by atoms with Crippen LogP contribution in [-0.4, -0.2) is 25.2 Å². The summed E-state index contributed by atoms with van der Waals surface area (Å²) in [5.74, 6) is -0.654. The predicted octanol–water partition coefficient (Wildman–Crippen LogP) is 2.35. The number of aromatic hydroxyl groups is 1. The molecule has 0 saturated heterocycles. The molecule has 1 aromatic carbocycles. The number of rotatable bonds is 2. The maximum Gasteiger partial charge on any atom is 0.265 e. The summed E-state index contributed by atoms with van der Waals surface area (Å²) in [4.78, 5) is 12.1. The lowest BCUT2D eigenvalue weighted by molar-refractivity contribution is 0.421. The molecule has 0 aliphatic carbocycles. The summed E-state index contributed by atoms with van der Waals surface area (Å²) < 4.78 is 18.6. The van der Waals surface area contributed by atoms with E-state index >= 15 is 0 Å². The second-order valence-corrected chi connectivity index (χ2v) is 4.14. The number of hydrogen-bond acceptors (Lipinski definition) is 6. The molecule has 2 aromatic heterocycles. The van der Waals surface area contributed by atoms with E-state index in [0.717, 1.165) is 5.56 Å². The van der Waals surface area contributed by atoms with Gasteiger partial charge in [-0.25, -0.2) is 14.4 Å². The number of aryl methyl sites for hydroxylation is 1. The zero-order chi connectivity index (χ0) is 14.1. The molecular weight excluding hydrogens is 263 g/mol. The standard InChI is InChI=1S/C13H9FN4O2/c1-7-5-15-11(16-6-7)12-17-13(20-18-12)10-8(14)3-2-4-9(10)19/h2-6,19H,1H3. The lowest BCUT2D eigenvalue weighted by atomic mass is 10.2. The highest BCUT2D eigenvalue weighted by atomic mass is 19.1. The number of benzene rings is 1. The van der Waals surface area contributed by atoms with Crippen LogP contribution in [0.1, 0.15) is 5.56 Å². The molecule has 0 aliphatic heterocycles. The molecule has 0 saturated carbocycles. The van der Waals surface area contributed by atoms with Crippen molar-refractivity contribution in [1.82, 2.24) is 20.1 Å². The maximum atomic E-state index is 13.7. The second kappa shape index (κ2) is 4.69. The van der Waals surface area contributed by atoms with E-state index in [9.17, 15) is 9.50 Å². The third-order valence-corrected chi connectivity index (χ3v) is 2.61. The fourth-order valence-corrected chi connectivity index (χ4v) is 1.65. The summed E-state index contributed by atoms with van der Waals surface area (Å²) in [6, 6.07) is 3.92. The number of hydrogen-bond donors (Lipinski definition) is 1. The van der Waals surface area contributed by atoms with Gasteiger partial charge in [-0.05, 0) is 24.6 Å². The van der Waals surface area contributed by atoms with Gasteiger partial charge in [-0.1, -0.05) is 11.2 Å². The van der Waals surface area contributed by atoms with Gasteiger partial charge in [0.05, 0.1) is 0 Å². The van der Waals surface area contributed by atoms with E-state index < -0.39 is 5.82 Å². The summed E-state index contributed by atoms with van der Waals surface area (Å²) in [6.45, 7) is 1.85. The maximum absolute atomic E-state index is 13.7. The van der Waals surface area contributed by atoms with Crippen LogP contribution in [0.15, 0.2) is 35.1 Å². The van der Waals surface area contributed by atoms with Crippen LogP contribution in [0.5, 0.6) is 5.75 Å². The van der Waals surface area contributed by atoms with Crippen molar-refractivity contribution in [2.45, 2.75) is 6.92 Å². The van der Waals surface area contributed by atoms with E-state index in [4.69, 9.17) is 4.52 Å². The van der Waals surface area contributed by atoms with Crippen LogP contribution in [-0.2, 0) is 0 Å². The van der Waals surface area contributed by atoms with Crippen LogP contribution in [0.25, 0.3) is 23.1 Å². The third-order valence-electron chi connectivity index (χ3n) is 2.61. The lowest BCUT2D eigenvalue weighted by Gasteiger charge is -1.99. The summed E-state index contributed by atoms with van der Waals surface area (Å²) in [7, 11) is 0. The molecule has 7 heteroatoms. The van der Waals surface area contributed by atoms with Crippen LogP contribution in [0.4, 0.5) is 4.39 Å². The van der Waals surface area contributed by atoms with E-state index in [1.54, 1.807) is 12.4 Å². The highest BCUT2D eigenvalue weighted by Crippen LogP contribution is 2.31. The average molecular weight is 272 g/mol. The van der Waals surface area contributed by atoms with Crippen LogP contribution in [0.2, 0.25) is 0 Å². The molecule has 0 aliphatic rings. The molecular formula is C13H9FN4O2. The minimum atomic E-state index is -0.648. The Morgan fingerprint density at radius 3 is 2.60 bits per heavy atom. The van der Waals surface area contributed by atoms with Gasteiger partial charge >= 0.3 is 0 Å². The van der Waals surface area contributed by atoms with Gasteiger partial charge in [-0.2, -0.15) is 4.98 Å². The van der Waals surface area contributed by atoms with Gasteiger partial charge in [0.2, 0.25) is 11.6 Å². The van der Waals surface area contributed by atoms with E-state index in [1.807, 2.05) is 6.92 Å². The largest absolute Gasteiger partial charge is 0.507 e. The molecule has 0 radical (unpaired) electrons. The fourth-order valence-electron chi connectivity index (χ4n) is 1.65. The Bertz CT molecular complexity index is 735. The number of phenols is 1. The monoisotopic (exact) mass is 272 g/mol. The topological polar surface area (TPSA) is 84.9 Å². The summed E-state index contributed by atoms with van der Waals surface area (Å²) >= 11 is 0. The average Bonchev–Trinajstić information content (AvgIpc) is 2.89. The number of nitrogens with zero attached hydrogens (tertiary/aromatic N) is 4. The first kappa shape index (κ1) is 12.2. The van der Waals surface area contributed by atoms with Crippen molar-refractivity contribution in [3.63, 3.8) is 0 Å². The van der Waals surface area contributed by atoms with E-state index in [2.05, 4.69) is 20.1 Å². The Morgan fingerprint density at radius 1 is 1.15 bits per heavy atom. The first-order chi connectivity index (χ1) is 9.65. The summed E-state index contributed by atoms with van der Waals surface area (Å²) in [5, 5.41) is 13.3. The minimum absolute atomic E-state index is 0.125. The summed E-state index contributed by atoms with van der Waals surface area (Å²) in [5.41, 5.74) is 0.752. The molecule has 0 amide bonds. The van der Waals surface area contributed by atoms with E-state index in [-0.39, 0.29) is 28.9 Å². The smallest absolute Gasteiger partial charge is 0.265 e. The quantitative estimate of drug-likeness (QED) is 0.770. The number of phenolic OH excluding ortho intramolecular Hbond substituents is 1. The number of halogens is 1. The molecule has 0 fully saturated rings. The summed E-state index contributed by atoms with van der Waals surface area (Å²) in [6.07, 6.45) is 3.22. The number of aromatic nitrogens is 4. The molecule has 100 valence electrons. The second-order valence-electron chi connectivity index (χ2n) is 4.14.